The Morgan fingerprint density at radius 2 is 2.06 bits per heavy atom. The van der Waals surface area contributed by atoms with Gasteiger partial charge in [-0.2, -0.15) is 0 Å². The molecule has 17 heavy (non-hydrogen) atoms. The summed E-state index contributed by atoms with van der Waals surface area (Å²) in [6, 6.07) is 1.75. The van der Waals surface area contributed by atoms with Gasteiger partial charge in [0, 0.05) is 19.1 Å². The summed E-state index contributed by atoms with van der Waals surface area (Å²) in [6.07, 6.45) is 0.367. The number of phenols is 1. The number of carbonyl (C=O) groups excluding carboxylic acids is 1. The van der Waals surface area contributed by atoms with E-state index in [1.807, 2.05) is 0 Å². The van der Waals surface area contributed by atoms with Gasteiger partial charge in [0.05, 0.1) is 5.56 Å². The number of methoxy groups -OCH3 is 1. The Morgan fingerprint density at radius 3 is 2.59 bits per heavy atom. The average Bonchev–Trinajstić information content (AvgIpc) is 2.31. The Hall–Kier alpha value is -1.55. The van der Waals surface area contributed by atoms with Gasteiger partial charge in [-0.15, -0.1) is 0 Å². The fraction of sp³-hybridized carbons (Fsp3) is 0.462. The van der Waals surface area contributed by atoms with Gasteiger partial charge in [-0.05, 0) is 25.5 Å². The normalized spacial score (nSPS) is 10.4. The highest BCUT2D eigenvalue weighted by Crippen LogP contribution is 2.34. The van der Waals surface area contributed by atoms with Gasteiger partial charge < -0.3 is 14.6 Å². The van der Waals surface area contributed by atoms with Crippen LogP contribution in [0.3, 0.4) is 0 Å². The highest BCUT2D eigenvalue weighted by atomic mass is 16.7. The van der Waals surface area contributed by atoms with Gasteiger partial charge in [0.25, 0.3) is 0 Å². The molecular weight excluding hydrogens is 220 g/mol. The Balaban J connectivity index is 3.21. The molecule has 0 aromatic heterocycles. The van der Waals surface area contributed by atoms with Gasteiger partial charge in [-0.1, -0.05) is 6.92 Å². The molecule has 0 spiro atoms. The number of carbonyl (C=O) groups is 1. The third-order valence-corrected chi connectivity index (χ3v) is 2.64. The van der Waals surface area contributed by atoms with Crippen LogP contribution in [0.25, 0.3) is 0 Å². The molecule has 0 saturated heterocycles. The largest absolute Gasteiger partial charge is 0.507 e. The first-order chi connectivity index (χ1) is 8.02. The number of Topliss-reactive ketones (excluding diaryl/α,β-unsaturated/α-hetero) is 1. The highest BCUT2D eigenvalue weighted by molar-refractivity contribution is 6.00. The van der Waals surface area contributed by atoms with E-state index >= 15 is 0 Å². The summed E-state index contributed by atoms with van der Waals surface area (Å²) in [5.41, 5.74) is 1.66. The molecule has 1 aromatic rings. The zero-order valence-electron chi connectivity index (χ0n) is 10.7. The monoisotopic (exact) mass is 238 g/mol. The topological polar surface area (TPSA) is 55.8 Å². The van der Waals surface area contributed by atoms with Crippen molar-refractivity contribution in [2.45, 2.75) is 27.2 Å². The standard InChI is InChI=1S/C13H18O4/c1-5-10(14)12-8(2)6-11(17-7-16-4)9(3)13(12)15/h6,15H,5,7H2,1-4H3. The molecule has 0 aliphatic rings. The van der Waals surface area contributed by atoms with Crippen LogP contribution in [0.15, 0.2) is 6.07 Å². The third-order valence-electron chi connectivity index (χ3n) is 2.64. The number of aromatic hydroxyl groups is 1. The molecule has 0 amide bonds. The van der Waals surface area contributed by atoms with E-state index in [1.54, 1.807) is 26.8 Å². The van der Waals surface area contributed by atoms with Crippen LogP contribution in [0, 0.1) is 13.8 Å². The number of ketones is 1. The van der Waals surface area contributed by atoms with Crippen molar-refractivity contribution in [3.8, 4) is 11.5 Å². The first-order valence-electron chi connectivity index (χ1n) is 5.51. The lowest BCUT2D eigenvalue weighted by Crippen LogP contribution is -2.05. The fourth-order valence-corrected chi connectivity index (χ4v) is 1.67. The van der Waals surface area contributed by atoms with Gasteiger partial charge in [0.2, 0.25) is 0 Å². The van der Waals surface area contributed by atoms with Crippen LogP contribution in [0.5, 0.6) is 11.5 Å². The molecule has 0 fully saturated rings. The zero-order valence-corrected chi connectivity index (χ0v) is 10.7. The van der Waals surface area contributed by atoms with Crippen LogP contribution in [-0.4, -0.2) is 24.8 Å². The van der Waals surface area contributed by atoms with E-state index in [0.29, 0.717) is 28.9 Å². The average molecular weight is 238 g/mol. The molecule has 0 atom stereocenters. The summed E-state index contributed by atoms with van der Waals surface area (Å²) < 4.78 is 10.1. The molecule has 94 valence electrons. The maximum Gasteiger partial charge on any atom is 0.188 e. The maximum absolute atomic E-state index is 11.7. The van der Waals surface area contributed by atoms with Gasteiger partial charge in [-0.3, -0.25) is 4.79 Å². The van der Waals surface area contributed by atoms with Crippen LogP contribution in [0.2, 0.25) is 0 Å². The van der Waals surface area contributed by atoms with Crippen molar-refractivity contribution in [1.82, 2.24) is 0 Å². The van der Waals surface area contributed by atoms with Gasteiger partial charge in [0.1, 0.15) is 11.5 Å². The summed E-state index contributed by atoms with van der Waals surface area (Å²) in [4.78, 5) is 11.7. The van der Waals surface area contributed by atoms with E-state index in [1.165, 1.54) is 7.11 Å². The maximum atomic E-state index is 11.7. The molecule has 0 unspecified atom stereocenters. The molecule has 0 saturated carbocycles. The molecule has 1 rings (SSSR count). The predicted molar refractivity (Wildman–Crippen MR) is 64.7 cm³/mol. The lowest BCUT2D eigenvalue weighted by Gasteiger charge is -2.14. The molecule has 0 heterocycles. The van der Waals surface area contributed by atoms with Crippen molar-refractivity contribution < 1.29 is 19.4 Å². The SMILES string of the molecule is CCC(=O)c1c(C)cc(OCOC)c(C)c1O. The first-order valence-corrected chi connectivity index (χ1v) is 5.51. The van der Waals surface area contributed by atoms with Crippen molar-refractivity contribution in [2.75, 3.05) is 13.9 Å². The number of benzene rings is 1. The number of rotatable bonds is 5. The second-order valence-corrected chi connectivity index (χ2v) is 3.87. The quantitative estimate of drug-likeness (QED) is 0.632. The number of hydrogen-bond donors (Lipinski definition) is 1. The van der Waals surface area contributed by atoms with E-state index in [0.717, 1.165) is 0 Å². The summed E-state index contributed by atoms with van der Waals surface area (Å²) in [7, 11) is 1.52. The molecule has 0 bridgehead atoms. The number of phenolic OH excluding ortho intramolecular Hbond substituents is 1. The number of aryl methyl sites for hydroxylation is 1. The molecule has 4 heteroatoms. The Morgan fingerprint density at radius 1 is 1.41 bits per heavy atom. The van der Waals surface area contributed by atoms with Gasteiger partial charge >= 0.3 is 0 Å². The van der Waals surface area contributed by atoms with Gasteiger partial charge in [0.15, 0.2) is 12.6 Å². The minimum absolute atomic E-state index is 0.00273. The lowest BCUT2D eigenvalue weighted by atomic mass is 9.98. The van der Waals surface area contributed by atoms with Crippen LogP contribution in [-0.2, 0) is 4.74 Å². The minimum atomic E-state index is -0.0682. The molecule has 1 aromatic carbocycles. The van der Waals surface area contributed by atoms with Crippen molar-refractivity contribution >= 4 is 5.78 Å². The number of ether oxygens (including phenoxy) is 2. The summed E-state index contributed by atoms with van der Waals surface area (Å²) in [5, 5.41) is 10.0. The van der Waals surface area contributed by atoms with Crippen molar-refractivity contribution in [3.63, 3.8) is 0 Å². The van der Waals surface area contributed by atoms with Crippen LogP contribution < -0.4 is 4.74 Å². The number of hydrogen-bond acceptors (Lipinski definition) is 4. The van der Waals surface area contributed by atoms with E-state index in [2.05, 4.69) is 0 Å². The smallest absolute Gasteiger partial charge is 0.188 e. The van der Waals surface area contributed by atoms with Crippen molar-refractivity contribution in [1.29, 1.82) is 0 Å². The van der Waals surface area contributed by atoms with E-state index < -0.39 is 0 Å². The molecule has 0 radical (unpaired) electrons. The Bertz CT molecular complexity index is 424. The van der Waals surface area contributed by atoms with Crippen LogP contribution in [0.4, 0.5) is 0 Å². The zero-order chi connectivity index (χ0) is 13.0. The second kappa shape index (κ2) is 5.68. The molecule has 1 N–H and O–H groups in total. The van der Waals surface area contributed by atoms with Crippen molar-refractivity contribution in [2.24, 2.45) is 0 Å². The fourth-order valence-electron chi connectivity index (χ4n) is 1.67. The van der Waals surface area contributed by atoms with E-state index in [9.17, 15) is 9.90 Å². The summed E-state index contributed by atoms with van der Waals surface area (Å²) in [5.74, 6) is 0.471. The van der Waals surface area contributed by atoms with Gasteiger partial charge in [-0.25, -0.2) is 0 Å². The summed E-state index contributed by atoms with van der Waals surface area (Å²) in [6.45, 7) is 5.38. The molecule has 4 nitrogen and oxygen atoms in total. The Labute approximate surface area is 101 Å². The van der Waals surface area contributed by atoms with Crippen LogP contribution in [0.1, 0.15) is 34.8 Å². The highest BCUT2D eigenvalue weighted by Gasteiger charge is 2.18. The predicted octanol–water partition coefficient (Wildman–Crippen LogP) is 2.58. The third kappa shape index (κ3) is 2.77. The van der Waals surface area contributed by atoms with Crippen molar-refractivity contribution in [3.05, 3.63) is 22.8 Å². The molecular formula is C13H18O4. The van der Waals surface area contributed by atoms with E-state index in [-0.39, 0.29) is 18.3 Å². The summed E-state index contributed by atoms with van der Waals surface area (Å²) >= 11 is 0. The van der Waals surface area contributed by atoms with Crippen LogP contribution >= 0.6 is 0 Å². The van der Waals surface area contributed by atoms with E-state index in [4.69, 9.17) is 9.47 Å². The second-order valence-electron chi connectivity index (χ2n) is 3.87. The minimum Gasteiger partial charge on any atom is -0.507 e. The first kappa shape index (κ1) is 13.5. The molecule has 0 aliphatic carbocycles. The Kier molecular flexibility index (Phi) is 4.52. The molecule has 0 aliphatic heterocycles. The lowest BCUT2D eigenvalue weighted by molar-refractivity contribution is 0.0504.